The monoisotopic (exact) mass is 411 g/mol. The molecule has 6 heteroatoms. The van der Waals surface area contributed by atoms with E-state index in [-0.39, 0.29) is 12.5 Å². The van der Waals surface area contributed by atoms with E-state index in [4.69, 9.17) is 9.47 Å². The smallest absolute Gasteiger partial charge is 0.408 e. The predicted octanol–water partition coefficient (Wildman–Crippen LogP) is 4.57. The average Bonchev–Trinajstić information content (AvgIpc) is 2.98. The van der Waals surface area contributed by atoms with E-state index in [1.807, 2.05) is 57.2 Å². The summed E-state index contributed by atoms with van der Waals surface area (Å²) in [7, 11) is 0. The molecule has 1 aliphatic carbocycles. The Balaban J connectivity index is 1.73. The van der Waals surface area contributed by atoms with Crippen LogP contribution in [0.4, 0.5) is 4.79 Å². The van der Waals surface area contributed by atoms with Gasteiger partial charge in [0.25, 0.3) is 0 Å². The highest BCUT2D eigenvalue weighted by Crippen LogP contribution is 2.44. The normalized spacial score (nSPS) is 16.2. The number of fused-ring (bicyclic) bond motifs is 3. The number of aliphatic carboxylic acids is 1. The molecule has 0 fully saturated rings. The number of nitrogens with one attached hydrogen (secondary N) is 1. The Kier molecular flexibility index (Phi) is 5.90. The van der Waals surface area contributed by atoms with Crippen LogP contribution in [-0.2, 0) is 14.3 Å². The molecule has 1 aliphatic rings. The van der Waals surface area contributed by atoms with Crippen LogP contribution >= 0.6 is 0 Å². The maximum Gasteiger partial charge on any atom is 0.408 e. The number of carboxylic acids is 1. The third-order valence-electron chi connectivity index (χ3n) is 5.49. The molecule has 30 heavy (non-hydrogen) atoms. The lowest BCUT2D eigenvalue weighted by atomic mass is 9.95. The van der Waals surface area contributed by atoms with Crippen LogP contribution < -0.4 is 5.32 Å². The lowest BCUT2D eigenvalue weighted by Crippen LogP contribution is -2.61. The average molecular weight is 411 g/mol. The zero-order chi connectivity index (χ0) is 22.1. The quantitative estimate of drug-likeness (QED) is 0.727. The van der Waals surface area contributed by atoms with Crippen molar-refractivity contribution < 1.29 is 24.2 Å². The van der Waals surface area contributed by atoms with Gasteiger partial charge in [-0.1, -0.05) is 48.5 Å². The van der Waals surface area contributed by atoms with Gasteiger partial charge in [0.1, 0.15) is 6.61 Å². The summed E-state index contributed by atoms with van der Waals surface area (Å²) in [5, 5.41) is 12.2. The number of ether oxygens (including phenoxy) is 2. The summed E-state index contributed by atoms with van der Waals surface area (Å²) in [6.45, 7) is 8.66. The molecule has 6 nitrogen and oxygen atoms in total. The minimum Gasteiger partial charge on any atom is -0.479 e. The summed E-state index contributed by atoms with van der Waals surface area (Å²) < 4.78 is 11.3. The molecule has 1 amide bonds. The highest BCUT2D eigenvalue weighted by atomic mass is 16.6. The summed E-state index contributed by atoms with van der Waals surface area (Å²) in [4.78, 5) is 24.5. The van der Waals surface area contributed by atoms with Crippen molar-refractivity contribution in [3.63, 3.8) is 0 Å². The Morgan fingerprint density at radius 1 is 1.00 bits per heavy atom. The molecular formula is C24H29NO5. The van der Waals surface area contributed by atoms with Gasteiger partial charge < -0.3 is 19.9 Å². The van der Waals surface area contributed by atoms with Crippen LogP contribution in [0.5, 0.6) is 0 Å². The number of carboxylic acid groups (broad SMARTS) is 1. The summed E-state index contributed by atoms with van der Waals surface area (Å²) in [5.74, 6) is -1.28. The molecule has 3 rings (SSSR count). The molecule has 2 atom stereocenters. The maximum atomic E-state index is 12.6. The highest BCUT2D eigenvalue weighted by molar-refractivity contribution is 5.85. The van der Waals surface area contributed by atoms with Crippen LogP contribution in [0.15, 0.2) is 48.5 Å². The number of hydrogen-bond donors (Lipinski definition) is 2. The molecule has 2 N–H and O–H groups in total. The fraction of sp³-hybridized carbons (Fsp3) is 0.417. The van der Waals surface area contributed by atoms with Crippen LogP contribution in [0.25, 0.3) is 11.1 Å². The second-order valence-corrected chi connectivity index (χ2v) is 8.83. The first kappa shape index (κ1) is 21.8. The first-order chi connectivity index (χ1) is 14.0. The lowest BCUT2D eigenvalue weighted by molar-refractivity contribution is -0.156. The summed E-state index contributed by atoms with van der Waals surface area (Å²) >= 11 is 0. The van der Waals surface area contributed by atoms with Crippen LogP contribution in [0.3, 0.4) is 0 Å². The van der Waals surface area contributed by atoms with Crippen molar-refractivity contribution in [2.24, 2.45) is 0 Å². The van der Waals surface area contributed by atoms with Crippen molar-refractivity contribution in [2.45, 2.75) is 57.8 Å². The first-order valence-corrected chi connectivity index (χ1v) is 10.1. The molecule has 0 heterocycles. The molecule has 0 aliphatic heterocycles. The van der Waals surface area contributed by atoms with Gasteiger partial charge in [-0.15, -0.1) is 0 Å². The number of amides is 1. The van der Waals surface area contributed by atoms with Crippen LogP contribution in [0.2, 0.25) is 0 Å². The van der Waals surface area contributed by atoms with Gasteiger partial charge in [0.15, 0.2) is 5.54 Å². The van der Waals surface area contributed by atoms with E-state index in [0.717, 1.165) is 22.3 Å². The van der Waals surface area contributed by atoms with Gasteiger partial charge in [0.05, 0.1) is 11.7 Å². The number of rotatable bonds is 6. The largest absolute Gasteiger partial charge is 0.479 e. The predicted molar refractivity (Wildman–Crippen MR) is 115 cm³/mol. The van der Waals surface area contributed by atoms with Crippen LogP contribution in [0, 0.1) is 0 Å². The highest BCUT2D eigenvalue weighted by Gasteiger charge is 2.43. The Hall–Kier alpha value is -2.86. The lowest BCUT2D eigenvalue weighted by Gasteiger charge is -2.36. The summed E-state index contributed by atoms with van der Waals surface area (Å²) in [6, 6.07) is 16.1. The van der Waals surface area contributed by atoms with Crippen molar-refractivity contribution in [3.05, 3.63) is 59.7 Å². The molecule has 0 bridgehead atoms. The SMILES string of the molecule is C[C@H](OC(C)(C)C)[C@@](C)(NC(=O)OCC1c2ccccc2-c2ccccc21)C(=O)O. The molecule has 0 saturated carbocycles. The van der Waals surface area contributed by atoms with Crippen molar-refractivity contribution in [1.29, 1.82) is 0 Å². The fourth-order valence-electron chi connectivity index (χ4n) is 3.82. The second-order valence-electron chi connectivity index (χ2n) is 8.83. The molecule has 0 spiro atoms. The van der Waals surface area contributed by atoms with Gasteiger partial charge in [-0.2, -0.15) is 0 Å². The van der Waals surface area contributed by atoms with E-state index < -0.39 is 29.3 Å². The summed E-state index contributed by atoms with van der Waals surface area (Å²) in [6.07, 6.45) is -1.55. The van der Waals surface area contributed by atoms with E-state index in [9.17, 15) is 14.7 Å². The molecule has 2 aromatic rings. The number of alkyl carbamates (subject to hydrolysis) is 1. The zero-order valence-electron chi connectivity index (χ0n) is 18.1. The number of hydrogen-bond acceptors (Lipinski definition) is 4. The van der Waals surface area contributed by atoms with E-state index in [1.54, 1.807) is 6.92 Å². The minimum atomic E-state index is -1.63. The van der Waals surface area contributed by atoms with Crippen LogP contribution in [-0.4, -0.2) is 41.0 Å². The molecule has 0 saturated heterocycles. The maximum absolute atomic E-state index is 12.6. The van der Waals surface area contributed by atoms with Crippen molar-refractivity contribution in [1.82, 2.24) is 5.32 Å². The van der Waals surface area contributed by atoms with E-state index >= 15 is 0 Å². The number of benzene rings is 2. The number of carbonyl (C=O) groups is 2. The summed E-state index contributed by atoms with van der Waals surface area (Å²) in [5.41, 5.74) is 2.26. The Bertz CT molecular complexity index is 903. The van der Waals surface area contributed by atoms with Gasteiger partial charge in [-0.05, 0) is 56.9 Å². The van der Waals surface area contributed by atoms with Crippen molar-refractivity contribution in [2.75, 3.05) is 6.61 Å². The van der Waals surface area contributed by atoms with Crippen molar-refractivity contribution in [3.8, 4) is 11.1 Å². The third kappa shape index (κ3) is 4.33. The Morgan fingerprint density at radius 3 is 1.97 bits per heavy atom. The standard InChI is InChI=1S/C24H29NO5/c1-15(30-23(2,3)4)24(5,21(26)27)25-22(28)29-14-20-18-12-8-6-10-16(18)17-11-7-9-13-19(17)20/h6-13,15,20H,14H2,1-5H3,(H,25,28)(H,26,27)/t15-,24+/m0/s1. The minimum absolute atomic E-state index is 0.0949. The van der Waals surface area contributed by atoms with Gasteiger partial charge in [0.2, 0.25) is 0 Å². The topological polar surface area (TPSA) is 84.9 Å². The molecule has 2 aromatic carbocycles. The van der Waals surface area contributed by atoms with Gasteiger partial charge in [-0.3, -0.25) is 0 Å². The molecule has 160 valence electrons. The zero-order valence-corrected chi connectivity index (χ0v) is 18.1. The van der Waals surface area contributed by atoms with E-state index in [1.165, 1.54) is 6.92 Å². The first-order valence-electron chi connectivity index (χ1n) is 10.1. The van der Waals surface area contributed by atoms with E-state index in [2.05, 4.69) is 17.4 Å². The number of carbonyl (C=O) groups excluding carboxylic acids is 1. The third-order valence-corrected chi connectivity index (χ3v) is 5.49. The Labute approximate surface area is 177 Å². The molecular weight excluding hydrogens is 382 g/mol. The Morgan fingerprint density at radius 2 is 1.50 bits per heavy atom. The second kappa shape index (κ2) is 8.11. The molecule has 0 unspecified atom stereocenters. The van der Waals surface area contributed by atoms with Crippen molar-refractivity contribution >= 4 is 12.1 Å². The fourth-order valence-corrected chi connectivity index (χ4v) is 3.82. The molecule has 0 aromatic heterocycles. The van der Waals surface area contributed by atoms with E-state index in [0.29, 0.717) is 0 Å². The van der Waals surface area contributed by atoms with Gasteiger partial charge >= 0.3 is 12.1 Å². The van der Waals surface area contributed by atoms with Crippen LogP contribution in [0.1, 0.15) is 51.7 Å². The molecule has 0 radical (unpaired) electrons. The van der Waals surface area contributed by atoms with Gasteiger partial charge in [-0.25, -0.2) is 9.59 Å². The van der Waals surface area contributed by atoms with Gasteiger partial charge in [0, 0.05) is 5.92 Å².